The highest BCUT2D eigenvalue weighted by Gasteiger charge is 2.10. The molecule has 2 nitrogen and oxygen atoms in total. The van der Waals surface area contributed by atoms with E-state index in [4.69, 9.17) is 47.0 Å². The first-order valence-electron chi connectivity index (χ1n) is 5.52. The molecule has 0 radical (unpaired) electrons. The van der Waals surface area contributed by atoms with Crippen molar-refractivity contribution in [2.24, 2.45) is 0 Å². The SMILES string of the molecule is S=c1[nH]c2cc(Cl)c(Cl)cc2n1-c1ccc(Br)c(Cl)c1. The average Bonchev–Trinajstić information content (AvgIpc) is 2.69. The normalized spacial score (nSPS) is 11.2. The van der Waals surface area contributed by atoms with Crippen LogP contribution < -0.4 is 0 Å². The first-order chi connectivity index (χ1) is 9.47. The second-order valence-corrected chi connectivity index (χ2v) is 6.61. The van der Waals surface area contributed by atoms with Crippen LogP contribution >= 0.6 is 63.0 Å². The van der Waals surface area contributed by atoms with Crippen molar-refractivity contribution < 1.29 is 0 Å². The van der Waals surface area contributed by atoms with Gasteiger partial charge in [-0.2, -0.15) is 0 Å². The third-order valence-corrected chi connectivity index (χ3v) is 5.12. The second kappa shape index (κ2) is 5.35. The van der Waals surface area contributed by atoms with Gasteiger partial charge < -0.3 is 4.98 Å². The zero-order valence-corrected chi connectivity index (χ0v) is 14.4. The van der Waals surface area contributed by atoms with Crippen LogP contribution in [0.1, 0.15) is 0 Å². The van der Waals surface area contributed by atoms with Crippen LogP contribution in [0.4, 0.5) is 0 Å². The van der Waals surface area contributed by atoms with Crippen molar-refractivity contribution in [3.05, 3.63) is 54.6 Å². The van der Waals surface area contributed by atoms with Crippen molar-refractivity contribution in [2.75, 3.05) is 0 Å². The molecule has 1 heterocycles. The van der Waals surface area contributed by atoms with Gasteiger partial charge in [-0.05, 0) is 58.5 Å². The number of fused-ring (bicyclic) bond motifs is 1. The Bertz CT molecular complexity index is 885. The monoisotopic (exact) mass is 406 g/mol. The van der Waals surface area contributed by atoms with Crippen LogP contribution in [0.25, 0.3) is 16.7 Å². The lowest BCUT2D eigenvalue weighted by molar-refractivity contribution is 1.06. The Kier molecular flexibility index (Phi) is 3.86. The number of hydrogen-bond acceptors (Lipinski definition) is 1. The van der Waals surface area contributed by atoms with Crippen LogP contribution in [0.5, 0.6) is 0 Å². The van der Waals surface area contributed by atoms with Crippen LogP contribution in [0.2, 0.25) is 15.1 Å². The quantitative estimate of drug-likeness (QED) is 0.461. The van der Waals surface area contributed by atoms with Gasteiger partial charge in [0, 0.05) is 10.2 Å². The van der Waals surface area contributed by atoms with Gasteiger partial charge in [0.25, 0.3) is 0 Å². The van der Waals surface area contributed by atoms with Gasteiger partial charge in [0.1, 0.15) is 0 Å². The minimum absolute atomic E-state index is 0.477. The molecule has 0 atom stereocenters. The predicted molar refractivity (Wildman–Crippen MR) is 91.2 cm³/mol. The van der Waals surface area contributed by atoms with Gasteiger partial charge in [-0.1, -0.05) is 34.8 Å². The number of imidazole rings is 1. The maximum Gasteiger partial charge on any atom is 0.182 e. The number of rotatable bonds is 1. The molecule has 0 aliphatic heterocycles. The molecule has 0 saturated carbocycles. The molecule has 0 unspecified atom stereocenters. The van der Waals surface area contributed by atoms with E-state index in [-0.39, 0.29) is 0 Å². The number of benzene rings is 2. The molecule has 102 valence electrons. The summed E-state index contributed by atoms with van der Waals surface area (Å²) in [4.78, 5) is 3.11. The van der Waals surface area contributed by atoms with Crippen LogP contribution in [-0.2, 0) is 0 Å². The van der Waals surface area contributed by atoms with Gasteiger partial charge in [-0.25, -0.2) is 0 Å². The highest BCUT2D eigenvalue weighted by Crippen LogP contribution is 2.31. The maximum atomic E-state index is 6.14. The van der Waals surface area contributed by atoms with Crippen molar-refractivity contribution in [3.63, 3.8) is 0 Å². The first kappa shape index (κ1) is 14.4. The van der Waals surface area contributed by atoms with E-state index in [2.05, 4.69) is 20.9 Å². The Morgan fingerprint density at radius 2 is 1.70 bits per heavy atom. The summed E-state index contributed by atoms with van der Waals surface area (Å²) in [5.74, 6) is 0. The van der Waals surface area contributed by atoms with Crippen molar-refractivity contribution in [2.45, 2.75) is 0 Å². The number of aromatic amines is 1. The van der Waals surface area contributed by atoms with Gasteiger partial charge >= 0.3 is 0 Å². The van der Waals surface area contributed by atoms with Crippen molar-refractivity contribution in [1.29, 1.82) is 0 Å². The molecule has 1 aromatic heterocycles. The number of nitrogens with one attached hydrogen (secondary N) is 1. The lowest BCUT2D eigenvalue weighted by Gasteiger charge is -2.06. The maximum absolute atomic E-state index is 6.14. The Morgan fingerprint density at radius 3 is 2.40 bits per heavy atom. The van der Waals surface area contributed by atoms with Crippen LogP contribution in [0, 0.1) is 4.77 Å². The molecule has 0 aliphatic rings. The molecule has 3 aromatic rings. The molecule has 0 amide bonds. The minimum atomic E-state index is 0.477. The summed E-state index contributed by atoms with van der Waals surface area (Å²) in [5, 5.41) is 1.57. The number of H-pyrrole nitrogens is 1. The standard InChI is InChI=1S/C13H6BrCl3N2S/c14-7-2-1-6(3-8(7)15)19-12-5-10(17)9(16)4-11(12)18-13(19)20/h1-5H,(H,18,20). The molecule has 3 rings (SSSR count). The fourth-order valence-corrected chi connectivity index (χ4v) is 3.04. The Labute approximate surface area is 143 Å². The Hall–Kier alpha value is -0.520. The van der Waals surface area contributed by atoms with Gasteiger partial charge in [0.15, 0.2) is 4.77 Å². The van der Waals surface area contributed by atoms with E-state index >= 15 is 0 Å². The van der Waals surface area contributed by atoms with E-state index in [1.165, 1.54) is 0 Å². The Morgan fingerprint density at radius 1 is 1.00 bits per heavy atom. The molecule has 20 heavy (non-hydrogen) atoms. The van der Waals surface area contributed by atoms with Gasteiger partial charge in [0.05, 0.1) is 26.1 Å². The number of aromatic nitrogens is 2. The first-order valence-corrected chi connectivity index (χ1v) is 7.86. The molecular formula is C13H6BrCl3N2S. The summed E-state index contributed by atoms with van der Waals surface area (Å²) in [7, 11) is 0. The topological polar surface area (TPSA) is 20.7 Å². The zero-order valence-electron chi connectivity index (χ0n) is 9.75. The molecule has 1 N–H and O–H groups in total. The summed E-state index contributed by atoms with van der Waals surface area (Å²) < 4.78 is 3.25. The third-order valence-electron chi connectivity index (χ3n) is 2.89. The molecule has 0 spiro atoms. The second-order valence-electron chi connectivity index (χ2n) is 4.15. The fraction of sp³-hybridized carbons (Fsp3) is 0. The molecule has 7 heteroatoms. The van der Waals surface area contributed by atoms with Crippen LogP contribution in [0.15, 0.2) is 34.8 Å². The number of hydrogen-bond donors (Lipinski definition) is 1. The average molecular weight is 409 g/mol. The van der Waals surface area contributed by atoms with E-state index in [0.717, 1.165) is 21.2 Å². The van der Waals surface area contributed by atoms with E-state index in [0.29, 0.717) is 19.8 Å². The fourth-order valence-electron chi connectivity index (χ4n) is 1.98. The van der Waals surface area contributed by atoms with Crippen LogP contribution in [-0.4, -0.2) is 9.55 Å². The molecule has 0 bridgehead atoms. The molecule has 0 aliphatic carbocycles. The van der Waals surface area contributed by atoms with E-state index in [1.807, 2.05) is 22.8 Å². The molecule has 0 fully saturated rings. The summed E-state index contributed by atoms with van der Waals surface area (Å²) in [6.45, 7) is 0. The Balaban J connectivity index is 2.35. The van der Waals surface area contributed by atoms with Crippen molar-refractivity contribution in [1.82, 2.24) is 9.55 Å². The highest BCUT2D eigenvalue weighted by atomic mass is 79.9. The summed E-state index contributed by atoms with van der Waals surface area (Å²) >= 11 is 27.0. The van der Waals surface area contributed by atoms with Crippen molar-refractivity contribution in [3.8, 4) is 5.69 Å². The van der Waals surface area contributed by atoms with E-state index in [9.17, 15) is 0 Å². The largest absolute Gasteiger partial charge is 0.330 e. The summed E-state index contributed by atoms with van der Waals surface area (Å²) in [6.07, 6.45) is 0. The molecule has 2 aromatic carbocycles. The molecule has 0 saturated heterocycles. The lowest BCUT2D eigenvalue weighted by atomic mass is 10.3. The number of halogens is 4. The summed E-state index contributed by atoms with van der Waals surface area (Å²) in [5.41, 5.74) is 2.53. The minimum Gasteiger partial charge on any atom is -0.330 e. The van der Waals surface area contributed by atoms with Gasteiger partial charge in [-0.3, -0.25) is 4.57 Å². The smallest absolute Gasteiger partial charge is 0.182 e. The van der Waals surface area contributed by atoms with Gasteiger partial charge in [-0.15, -0.1) is 0 Å². The van der Waals surface area contributed by atoms with Gasteiger partial charge in [0.2, 0.25) is 0 Å². The van der Waals surface area contributed by atoms with E-state index in [1.54, 1.807) is 12.1 Å². The van der Waals surface area contributed by atoms with E-state index < -0.39 is 0 Å². The number of nitrogens with zero attached hydrogens (tertiary/aromatic N) is 1. The summed E-state index contributed by atoms with van der Waals surface area (Å²) in [6, 6.07) is 9.15. The molecular weight excluding hydrogens is 402 g/mol. The highest BCUT2D eigenvalue weighted by molar-refractivity contribution is 9.10. The predicted octanol–water partition coefficient (Wildman–Crippen LogP) is 6.41. The lowest BCUT2D eigenvalue weighted by Crippen LogP contribution is -1.94. The zero-order chi connectivity index (χ0) is 14.4. The third kappa shape index (κ3) is 2.40. The van der Waals surface area contributed by atoms with Crippen molar-refractivity contribution >= 4 is 74.0 Å². The van der Waals surface area contributed by atoms with Crippen LogP contribution in [0.3, 0.4) is 0 Å².